The topological polar surface area (TPSA) is 23.6 Å². The summed E-state index contributed by atoms with van der Waals surface area (Å²) in [5.41, 5.74) is 0. The minimum absolute atomic E-state index is 0.269. The lowest BCUT2D eigenvalue weighted by Gasteiger charge is -2.30. The normalized spacial score (nSPS) is 19.8. The highest BCUT2D eigenvalue weighted by molar-refractivity contribution is 5.78. The summed E-state index contributed by atoms with van der Waals surface area (Å²) in [5, 5.41) is 0. The van der Waals surface area contributed by atoms with Gasteiger partial charge in [-0.05, 0) is 85.2 Å². The van der Waals surface area contributed by atoms with Gasteiger partial charge in [-0.1, -0.05) is 6.92 Å². The monoisotopic (exact) mass is 268 g/mol. The van der Waals surface area contributed by atoms with Gasteiger partial charge < -0.3 is 9.80 Å². The van der Waals surface area contributed by atoms with Crippen LogP contribution in [0.3, 0.4) is 0 Å². The second kappa shape index (κ2) is 8.70. The van der Waals surface area contributed by atoms with Crippen LogP contribution < -0.4 is 0 Å². The fraction of sp³-hybridized carbons (Fsp3) is 0.938. The van der Waals surface area contributed by atoms with E-state index in [-0.39, 0.29) is 5.92 Å². The van der Waals surface area contributed by atoms with E-state index in [1.165, 1.54) is 38.9 Å². The third-order valence-corrected chi connectivity index (χ3v) is 4.68. The fourth-order valence-corrected chi connectivity index (χ4v) is 2.94. The molecule has 0 radical (unpaired) electrons. The molecule has 1 rings (SSSR count). The van der Waals surface area contributed by atoms with Gasteiger partial charge in [0, 0.05) is 5.92 Å². The summed E-state index contributed by atoms with van der Waals surface area (Å²) >= 11 is 0. The molecular formula is C16H32N2O. The van der Waals surface area contributed by atoms with Crippen LogP contribution in [0.4, 0.5) is 0 Å². The molecule has 0 aromatic rings. The van der Waals surface area contributed by atoms with Gasteiger partial charge in [0.15, 0.2) is 0 Å². The van der Waals surface area contributed by atoms with Gasteiger partial charge in [0.05, 0.1) is 0 Å². The number of carbonyl (C=O) groups is 1. The van der Waals surface area contributed by atoms with Gasteiger partial charge in [0.25, 0.3) is 0 Å². The van der Waals surface area contributed by atoms with Gasteiger partial charge in [0.1, 0.15) is 5.78 Å². The first-order chi connectivity index (χ1) is 9.02. The number of carbonyl (C=O) groups excluding carboxylic acids is 1. The van der Waals surface area contributed by atoms with Crippen LogP contribution in [0, 0.1) is 11.8 Å². The number of likely N-dealkylation sites (tertiary alicyclic amines) is 1. The number of piperidine rings is 1. The average molecular weight is 268 g/mol. The summed E-state index contributed by atoms with van der Waals surface area (Å²) in [7, 11) is 4.41. The minimum Gasteiger partial charge on any atom is -0.306 e. The number of rotatable bonds is 8. The van der Waals surface area contributed by atoms with Crippen molar-refractivity contribution in [3.63, 3.8) is 0 Å². The molecule has 0 spiro atoms. The molecule has 1 saturated heterocycles. The molecule has 1 aliphatic rings. The molecule has 0 aromatic heterocycles. The van der Waals surface area contributed by atoms with E-state index >= 15 is 0 Å². The Hall–Kier alpha value is -0.410. The van der Waals surface area contributed by atoms with Gasteiger partial charge >= 0.3 is 0 Å². The predicted octanol–water partition coefficient (Wildman–Crippen LogP) is 2.66. The molecule has 1 aliphatic heterocycles. The van der Waals surface area contributed by atoms with Crippen molar-refractivity contribution in [3.05, 3.63) is 0 Å². The van der Waals surface area contributed by atoms with E-state index in [4.69, 9.17) is 0 Å². The molecule has 3 nitrogen and oxygen atoms in total. The molecular weight excluding hydrogens is 236 g/mol. The lowest BCUT2D eigenvalue weighted by molar-refractivity contribution is -0.121. The van der Waals surface area contributed by atoms with Crippen LogP contribution in [0.1, 0.15) is 46.0 Å². The van der Waals surface area contributed by atoms with Crippen molar-refractivity contribution in [1.82, 2.24) is 9.80 Å². The summed E-state index contributed by atoms with van der Waals surface area (Å²) in [5.74, 6) is 1.53. The number of Topliss-reactive ketones (excluding diaryl/α,β-unsaturated/α-hetero) is 1. The van der Waals surface area contributed by atoms with Crippen molar-refractivity contribution in [1.29, 1.82) is 0 Å². The summed E-state index contributed by atoms with van der Waals surface area (Å²) in [4.78, 5) is 16.2. The third-order valence-electron chi connectivity index (χ3n) is 4.68. The molecule has 0 amide bonds. The van der Waals surface area contributed by atoms with Crippen molar-refractivity contribution in [3.8, 4) is 0 Å². The van der Waals surface area contributed by atoms with E-state index in [0.29, 0.717) is 5.78 Å². The fourth-order valence-electron chi connectivity index (χ4n) is 2.94. The molecule has 1 unspecified atom stereocenters. The standard InChI is InChI=1S/C16H32N2O/c1-5-16(14(2)19)9-13-18(4)12-8-15-6-10-17(3)11-7-15/h15-16H,5-13H2,1-4H3. The maximum atomic E-state index is 11.4. The maximum absolute atomic E-state index is 11.4. The largest absolute Gasteiger partial charge is 0.306 e. The zero-order valence-electron chi connectivity index (χ0n) is 13.3. The van der Waals surface area contributed by atoms with Crippen molar-refractivity contribution in [2.45, 2.75) is 46.0 Å². The lowest BCUT2D eigenvalue weighted by Crippen LogP contribution is -2.32. The Labute approximate surface area is 119 Å². The average Bonchev–Trinajstić information content (AvgIpc) is 2.38. The first-order valence-corrected chi connectivity index (χ1v) is 7.90. The smallest absolute Gasteiger partial charge is 0.132 e. The molecule has 0 saturated carbocycles. The highest BCUT2D eigenvalue weighted by Crippen LogP contribution is 2.19. The molecule has 3 heteroatoms. The third kappa shape index (κ3) is 6.53. The van der Waals surface area contributed by atoms with Crippen LogP contribution >= 0.6 is 0 Å². The highest BCUT2D eigenvalue weighted by Gasteiger charge is 2.17. The van der Waals surface area contributed by atoms with E-state index < -0.39 is 0 Å². The van der Waals surface area contributed by atoms with E-state index in [1.807, 2.05) is 0 Å². The van der Waals surface area contributed by atoms with Crippen molar-refractivity contribution in [2.24, 2.45) is 11.8 Å². The molecule has 0 bridgehead atoms. The van der Waals surface area contributed by atoms with E-state index in [0.717, 1.165) is 25.3 Å². The SMILES string of the molecule is CCC(CCN(C)CCC1CCN(C)CC1)C(C)=O. The molecule has 0 aromatic carbocycles. The Kier molecular flexibility index (Phi) is 7.62. The van der Waals surface area contributed by atoms with Gasteiger partial charge in [-0.25, -0.2) is 0 Å². The van der Waals surface area contributed by atoms with Crippen LogP contribution in [0.5, 0.6) is 0 Å². The van der Waals surface area contributed by atoms with Gasteiger partial charge in [-0.2, -0.15) is 0 Å². The lowest BCUT2D eigenvalue weighted by atomic mass is 9.93. The Morgan fingerprint density at radius 3 is 2.47 bits per heavy atom. The van der Waals surface area contributed by atoms with Crippen LogP contribution in [0.15, 0.2) is 0 Å². The molecule has 0 N–H and O–H groups in total. The Morgan fingerprint density at radius 2 is 1.95 bits per heavy atom. The molecule has 112 valence electrons. The van der Waals surface area contributed by atoms with Crippen molar-refractivity contribution >= 4 is 5.78 Å². The second-order valence-electron chi connectivity index (χ2n) is 6.34. The van der Waals surface area contributed by atoms with E-state index in [2.05, 4.69) is 30.8 Å². The number of nitrogens with zero attached hydrogens (tertiary/aromatic N) is 2. The van der Waals surface area contributed by atoms with Gasteiger partial charge in [0.2, 0.25) is 0 Å². The summed E-state index contributed by atoms with van der Waals surface area (Å²) in [6.45, 7) is 8.61. The number of ketones is 1. The molecule has 19 heavy (non-hydrogen) atoms. The minimum atomic E-state index is 0.269. The van der Waals surface area contributed by atoms with Crippen LogP contribution in [-0.4, -0.2) is 55.9 Å². The summed E-state index contributed by atoms with van der Waals surface area (Å²) < 4.78 is 0. The molecule has 1 atom stereocenters. The second-order valence-corrected chi connectivity index (χ2v) is 6.34. The number of hydrogen-bond acceptors (Lipinski definition) is 3. The van der Waals surface area contributed by atoms with Crippen LogP contribution in [-0.2, 0) is 4.79 Å². The van der Waals surface area contributed by atoms with Crippen molar-refractivity contribution in [2.75, 3.05) is 40.3 Å². The molecule has 1 fully saturated rings. The Bertz CT molecular complexity index is 259. The van der Waals surface area contributed by atoms with Crippen LogP contribution in [0.2, 0.25) is 0 Å². The van der Waals surface area contributed by atoms with E-state index in [9.17, 15) is 4.79 Å². The number of hydrogen-bond donors (Lipinski definition) is 0. The first kappa shape index (κ1) is 16.6. The molecule has 0 aliphatic carbocycles. The molecule has 1 heterocycles. The van der Waals surface area contributed by atoms with E-state index in [1.54, 1.807) is 6.92 Å². The van der Waals surface area contributed by atoms with Crippen LogP contribution in [0.25, 0.3) is 0 Å². The quantitative estimate of drug-likeness (QED) is 0.676. The van der Waals surface area contributed by atoms with Gasteiger partial charge in [-0.15, -0.1) is 0 Å². The predicted molar refractivity (Wildman–Crippen MR) is 81.4 cm³/mol. The summed E-state index contributed by atoms with van der Waals surface area (Å²) in [6, 6.07) is 0. The highest BCUT2D eigenvalue weighted by atomic mass is 16.1. The zero-order valence-corrected chi connectivity index (χ0v) is 13.3. The Morgan fingerprint density at radius 1 is 1.32 bits per heavy atom. The maximum Gasteiger partial charge on any atom is 0.132 e. The zero-order chi connectivity index (χ0) is 14.3. The first-order valence-electron chi connectivity index (χ1n) is 7.90. The van der Waals surface area contributed by atoms with Gasteiger partial charge in [-0.3, -0.25) is 4.79 Å². The summed E-state index contributed by atoms with van der Waals surface area (Å²) in [6.07, 6.45) is 6.04. The van der Waals surface area contributed by atoms with Crippen molar-refractivity contribution < 1.29 is 4.79 Å². The Balaban J connectivity index is 2.13.